The van der Waals surface area contributed by atoms with Crippen LogP contribution in [-0.4, -0.2) is 42.0 Å². The lowest BCUT2D eigenvalue weighted by molar-refractivity contribution is 0.243. The molecular weight excluding hydrogens is 886 g/mol. The summed E-state index contributed by atoms with van der Waals surface area (Å²) in [6.45, 7) is 7.66. The molecule has 0 aliphatic carbocycles. The van der Waals surface area contributed by atoms with Crippen LogP contribution < -0.4 is 26.2 Å². The minimum Gasteiger partial charge on any atom is -0.399 e. The lowest BCUT2D eigenvalue weighted by Crippen LogP contribution is -2.44. The van der Waals surface area contributed by atoms with Gasteiger partial charge in [-0.05, 0) is 67.6 Å². The largest absolute Gasteiger partial charge is 0.399 e. The molecule has 4 N–H and O–H groups in total. The van der Waals surface area contributed by atoms with Gasteiger partial charge in [-0.15, -0.1) is 0 Å². The second kappa shape index (κ2) is 19.7. The fraction of sp³-hybridized carbons (Fsp3) is 0.333. The van der Waals surface area contributed by atoms with E-state index in [1.807, 2.05) is 25.1 Å². The number of sulfone groups is 1. The van der Waals surface area contributed by atoms with Crippen LogP contribution in [0.25, 0.3) is 0 Å². The van der Waals surface area contributed by atoms with Gasteiger partial charge in [0.1, 0.15) is 0 Å². The summed E-state index contributed by atoms with van der Waals surface area (Å²) in [4.78, 5) is 26.9. The number of carbonyl (C=O) groups is 2. The molecule has 0 fully saturated rings. The maximum Gasteiger partial charge on any atom is 0.322 e. The zero-order chi connectivity index (χ0) is 45.7. The lowest BCUT2D eigenvalue weighted by atomic mass is 10.1. The highest BCUT2D eigenvalue weighted by Crippen LogP contribution is 2.30. The Morgan fingerprint density at radius 2 is 1.00 bits per heavy atom. The van der Waals surface area contributed by atoms with Crippen LogP contribution in [0.5, 0.6) is 0 Å². The molecule has 0 spiro atoms. The normalized spacial score (nSPS) is 13.6. The Morgan fingerprint density at radius 1 is 0.607 bits per heavy atom. The summed E-state index contributed by atoms with van der Waals surface area (Å²) >= 11 is 0. The molecule has 2 aliphatic rings. The molecule has 22 heteroatoms. The van der Waals surface area contributed by atoms with Crippen molar-refractivity contribution in [2.75, 3.05) is 28.6 Å². The van der Waals surface area contributed by atoms with Gasteiger partial charge < -0.3 is 16.4 Å². The molecule has 4 aromatic rings. The lowest BCUT2D eigenvalue weighted by Gasteiger charge is -2.30. The number of hydrogen-bond acceptors (Lipinski definition) is 7. The number of anilines is 3. The first-order chi connectivity index (χ1) is 28.4. The molecule has 6 rings (SSSR count). The summed E-state index contributed by atoms with van der Waals surface area (Å²) in [5.41, 5.74) is 6.09. The molecule has 0 aromatic heterocycles. The Hall–Kier alpha value is -5.15. The summed E-state index contributed by atoms with van der Waals surface area (Å²) in [5.74, 6) is -16.5. The van der Waals surface area contributed by atoms with E-state index in [9.17, 15) is 61.5 Å². The molecule has 11 nitrogen and oxygen atoms in total. The Bertz CT molecular complexity index is 2530. The van der Waals surface area contributed by atoms with Gasteiger partial charge in [-0.1, -0.05) is 26.0 Å². The molecule has 0 saturated carbocycles. The predicted octanol–water partition coefficient (Wildman–Crippen LogP) is 8.43. The van der Waals surface area contributed by atoms with E-state index in [4.69, 9.17) is 16.4 Å². The highest BCUT2D eigenvalue weighted by Gasteiger charge is 2.29. The molecule has 0 saturated heterocycles. The number of nitrogen functional groups attached to an aromatic ring is 1. The molecule has 0 unspecified atom stereocenters. The van der Waals surface area contributed by atoms with Gasteiger partial charge in [0.25, 0.3) is 0 Å². The number of hydrogen-bond donors (Lipinski definition) is 3. The number of nitrogens with two attached hydrogens (primary N) is 1. The third kappa shape index (κ3) is 11.4. The molecule has 0 bridgehead atoms. The van der Waals surface area contributed by atoms with Gasteiger partial charge in [0.2, 0.25) is 9.05 Å². The molecule has 4 amide bonds. The maximum absolute atomic E-state index is 14.1. The van der Waals surface area contributed by atoms with E-state index >= 15 is 0 Å². The third-order valence-electron chi connectivity index (χ3n) is 9.29. The summed E-state index contributed by atoms with van der Waals surface area (Å²) in [6.07, 6.45) is 1.67. The van der Waals surface area contributed by atoms with Crippen LogP contribution >= 0.6 is 10.7 Å². The van der Waals surface area contributed by atoms with Gasteiger partial charge in [0, 0.05) is 64.8 Å². The smallest absolute Gasteiger partial charge is 0.322 e. The highest BCUT2D eigenvalue weighted by molar-refractivity contribution is 8.13. The summed E-state index contributed by atoms with van der Waals surface area (Å²) < 4.78 is 154. The van der Waals surface area contributed by atoms with Crippen LogP contribution in [0.3, 0.4) is 0 Å². The number of rotatable bonds is 10. The number of carbonyl (C=O) groups excluding carboxylic acids is 2. The Kier molecular flexibility index (Phi) is 15.7. The second-order valence-electron chi connectivity index (χ2n) is 13.9. The van der Waals surface area contributed by atoms with Crippen LogP contribution in [-0.2, 0) is 49.2 Å². The van der Waals surface area contributed by atoms with E-state index in [1.54, 1.807) is 21.9 Å². The molecule has 2 heterocycles. The zero-order valence-corrected chi connectivity index (χ0v) is 35.4. The van der Waals surface area contributed by atoms with Crippen molar-refractivity contribution in [1.82, 2.24) is 10.6 Å². The molecule has 61 heavy (non-hydrogen) atoms. The second-order valence-corrected chi connectivity index (χ2v) is 18.7. The topological polar surface area (TPSA) is 159 Å². The number of nitrogens with zero attached hydrogens (tertiary/aromatic N) is 2. The van der Waals surface area contributed by atoms with Crippen molar-refractivity contribution in [3.63, 3.8) is 0 Å². The number of fused-ring (bicyclic) bond motifs is 2. The van der Waals surface area contributed by atoms with E-state index in [1.165, 1.54) is 6.07 Å². The Morgan fingerprint density at radius 3 is 1.41 bits per heavy atom. The Labute approximate surface area is 351 Å². The van der Waals surface area contributed by atoms with Crippen molar-refractivity contribution in [3.05, 3.63) is 122 Å². The van der Waals surface area contributed by atoms with Crippen LogP contribution in [0.1, 0.15) is 65.6 Å². The van der Waals surface area contributed by atoms with E-state index in [-0.39, 0.29) is 18.6 Å². The molecule has 0 radical (unpaired) electrons. The number of benzene rings is 4. The SMILES string of the molecule is CCCN1C(=O)NCc2cc(CS(=O)(=O)Cc3c(F)c(F)c(C)c(F)c3F)ccc21.CCCN1C(=O)NCc2cc(N)ccc21.Cc1c(F)c(F)c(CS(=O)(=O)Cl)c(F)c1F. The third-order valence-corrected chi connectivity index (χ3v) is 11.8. The fourth-order valence-electron chi connectivity index (χ4n) is 6.31. The number of amides is 4. The first-order valence-corrected chi connectivity index (χ1v) is 22.6. The van der Waals surface area contributed by atoms with E-state index in [0.717, 1.165) is 50.2 Å². The average molecular weight is 926 g/mol. The minimum atomic E-state index is -4.31. The number of nitrogens with one attached hydrogen (secondary N) is 2. The quantitative estimate of drug-likeness (QED) is 0.0624. The predicted molar refractivity (Wildman–Crippen MR) is 214 cm³/mol. The summed E-state index contributed by atoms with van der Waals surface area (Å²) in [6, 6.07) is 10.1. The minimum absolute atomic E-state index is 0.0193. The molecule has 0 atom stereocenters. The maximum atomic E-state index is 14.1. The monoisotopic (exact) mass is 925 g/mol. The average Bonchev–Trinajstić information content (AvgIpc) is 3.20. The molecular formula is C39H40ClF8N5O6S2. The van der Waals surface area contributed by atoms with Gasteiger partial charge in [-0.2, -0.15) is 0 Å². The van der Waals surface area contributed by atoms with Crippen molar-refractivity contribution in [2.24, 2.45) is 0 Å². The summed E-state index contributed by atoms with van der Waals surface area (Å²) in [5, 5.41) is 5.52. The van der Waals surface area contributed by atoms with Gasteiger partial charge in [-0.25, -0.2) is 61.5 Å². The molecule has 332 valence electrons. The number of halogens is 9. The van der Waals surface area contributed by atoms with Gasteiger partial charge in [0.05, 0.1) is 28.6 Å². The van der Waals surface area contributed by atoms with Gasteiger partial charge in [-0.3, -0.25) is 9.80 Å². The van der Waals surface area contributed by atoms with Crippen molar-refractivity contribution in [3.8, 4) is 0 Å². The van der Waals surface area contributed by atoms with Crippen molar-refractivity contribution >= 4 is 58.7 Å². The van der Waals surface area contributed by atoms with Gasteiger partial charge >= 0.3 is 12.1 Å². The van der Waals surface area contributed by atoms with E-state index in [0.29, 0.717) is 29.9 Å². The number of urea groups is 2. The van der Waals surface area contributed by atoms with Crippen LogP contribution in [0.2, 0.25) is 0 Å². The zero-order valence-electron chi connectivity index (χ0n) is 33.0. The van der Waals surface area contributed by atoms with E-state index in [2.05, 4.69) is 17.6 Å². The van der Waals surface area contributed by atoms with E-state index < -0.39 is 105 Å². The van der Waals surface area contributed by atoms with Crippen molar-refractivity contribution < 1.29 is 61.5 Å². The fourth-order valence-corrected chi connectivity index (χ4v) is 8.72. The molecule has 2 aliphatic heterocycles. The first kappa shape index (κ1) is 48.5. The highest BCUT2D eigenvalue weighted by atomic mass is 35.7. The first-order valence-electron chi connectivity index (χ1n) is 18.3. The molecule has 4 aromatic carbocycles. The van der Waals surface area contributed by atoms with Gasteiger partial charge in [0.15, 0.2) is 56.4 Å². The van der Waals surface area contributed by atoms with Crippen molar-refractivity contribution in [1.29, 1.82) is 0 Å². The standard InChI is InChI=1S/C20H20F4N2O3S.C11H15N3O.C8H5ClF4O2S/c1-3-6-26-15-5-4-12(7-13(15)8-25-20(26)27)9-30(28,29)10-14-18(23)16(21)11(2)17(22)19(14)24;1-2-5-14-10-4-3-9(12)6-8(10)7-13-11(14)15;1-3-5(10)7(12)4(2-16(9,14)15)8(13)6(3)11/h4-5,7H,3,6,8-10H2,1-2H3,(H,25,27);3-4,6H,2,5,7,12H2,1H3,(H,13,15);2H2,1H3. The summed E-state index contributed by atoms with van der Waals surface area (Å²) in [7, 11) is -3.71. The van der Waals surface area contributed by atoms with Crippen LogP contribution in [0, 0.1) is 60.4 Å². The van der Waals surface area contributed by atoms with Crippen molar-refractivity contribution in [2.45, 2.75) is 70.9 Å². The van der Waals surface area contributed by atoms with Crippen LogP contribution in [0.4, 0.5) is 61.8 Å². The Balaban J connectivity index is 0.000000222. The van der Waals surface area contributed by atoms with Crippen LogP contribution in [0.15, 0.2) is 36.4 Å².